The molecule has 15 heavy (non-hydrogen) atoms. The van der Waals surface area contributed by atoms with Crippen LogP contribution in [0.5, 0.6) is 0 Å². The maximum absolute atomic E-state index is 9.61. The zero-order valence-corrected chi connectivity index (χ0v) is 9.43. The van der Waals surface area contributed by atoms with E-state index in [0.29, 0.717) is 0 Å². The minimum atomic E-state index is -1.15. The van der Waals surface area contributed by atoms with E-state index >= 15 is 0 Å². The fourth-order valence-electron chi connectivity index (χ4n) is 1.47. The third kappa shape index (κ3) is 3.05. The topological polar surface area (TPSA) is 90.2 Å². The number of aliphatic hydroxyl groups excluding tert-OH is 4. The number of thioether (sulfide) groups is 1. The van der Waals surface area contributed by atoms with Crippen molar-refractivity contribution in [2.24, 2.45) is 0 Å². The van der Waals surface area contributed by atoms with Gasteiger partial charge in [-0.1, -0.05) is 6.92 Å². The second-order valence-electron chi connectivity index (χ2n) is 3.57. The molecule has 0 unspecified atom stereocenters. The summed E-state index contributed by atoms with van der Waals surface area (Å²) in [5.41, 5.74) is -0.522. The van der Waals surface area contributed by atoms with Gasteiger partial charge >= 0.3 is 0 Å². The predicted molar refractivity (Wildman–Crippen MR) is 56.5 cm³/mol. The Labute approximate surface area is 93.1 Å². The number of aliphatic hydroxyl groups is 4. The molecule has 0 amide bonds. The Balaban J connectivity index is 2.51. The zero-order valence-electron chi connectivity index (χ0n) is 8.61. The van der Waals surface area contributed by atoms with E-state index in [0.717, 1.165) is 12.2 Å². The number of hydrogen-bond acceptors (Lipinski definition) is 6. The summed E-state index contributed by atoms with van der Waals surface area (Å²) < 4.78 is 5.29. The van der Waals surface area contributed by atoms with Crippen molar-refractivity contribution in [3.63, 3.8) is 0 Å². The lowest BCUT2D eigenvalue weighted by molar-refractivity contribution is -0.0713. The molecule has 0 aromatic carbocycles. The first-order chi connectivity index (χ1) is 7.11. The maximum Gasteiger partial charge on any atom is 0.132 e. The van der Waals surface area contributed by atoms with Gasteiger partial charge in [0.25, 0.3) is 0 Å². The molecule has 0 saturated carbocycles. The molecule has 5 nitrogen and oxygen atoms in total. The van der Waals surface area contributed by atoms with Gasteiger partial charge in [-0.25, -0.2) is 0 Å². The minimum absolute atomic E-state index is 0.486. The third-order valence-corrected chi connectivity index (χ3v) is 3.67. The SMILES string of the molecule is CCCS[C@@H]1O[C@@H]([C@H](O)CO)[C@H](O)[C@H]1O. The lowest BCUT2D eigenvalue weighted by Gasteiger charge is -2.18. The van der Waals surface area contributed by atoms with E-state index in [1.54, 1.807) is 0 Å². The molecule has 4 N–H and O–H groups in total. The molecule has 0 spiro atoms. The van der Waals surface area contributed by atoms with Gasteiger partial charge in [0.1, 0.15) is 29.9 Å². The number of rotatable bonds is 5. The monoisotopic (exact) mass is 238 g/mol. The van der Waals surface area contributed by atoms with Crippen molar-refractivity contribution in [2.45, 2.75) is 43.2 Å². The zero-order chi connectivity index (χ0) is 11.4. The highest BCUT2D eigenvalue weighted by Crippen LogP contribution is 2.31. The third-order valence-electron chi connectivity index (χ3n) is 2.31. The largest absolute Gasteiger partial charge is 0.394 e. The Bertz CT molecular complexity index is 191. The molecular formula is C9H18O5S. The molecule has 1 fully saturated rings. The van der Waals surface area contributed by atoms with Crippen molar-refractivity contribution in [3.8, 4) is 0 Å². The van der Waals surface area contributed by atoms with Gasteiger partial charge in [0.05, 0.1) is 6.61 Å². The van der Waals surface area contributed by atoms with E-state index in [-0.39, 0.29) is 0 Å². The van der Waals surface area contributed by atoms with Crippen molar-refractivity contribution in [1.82, 2.24) is 0 Å². The van der Waals surface area contributed by atoms with Crippen LogP contribution in [-0.4, -0.2) is 62.6 Å². The highest BCUT2D eigenvalue weighted by molar-refractivity contribution is 7.99. The van der Waals surface area contributed by atoms with Crippen LogP contribution in [0, 0.1) is 0 Å². The van der Waals surface area contributed by atoms with E-state index in [1.807, 2.05) is 6.92 Å². The molecule has 1 aliphatic rings. The van der Waals surface area contributed by atoms with Gasteiger partial charge in [0.2, 0.25) is 0 Å². The van der Waals surface area contributed by atoms with Gasteiger partial charge < -0.3 is 25.2 Å². The summed E-state index contributed by atoms with van der Waals surface area (Å²) in [6.45, 7) is 1.52. The highest BCUT2D eigenvalue weighted by atomic mass is 32.2. The van der Waals surface area contributed by atoms with Crippen molar-refractivity contribution in [2.75, 3.05) is 12.4 Å². The summed E-state index contributed by atoms with van der Waals surface area (Å²) in [5.74, 6) is 0.816. The molecule has 90 valence electrons. The molecule has 5 atom stereocenters. The Hall–Kier alpha value is 0.150. The van der Waals surface area contributed by atoms with Crippen molar-refractivity contribution in [3.05, 3.63) is 0 Å². The van der Waals surface area contributed by atoms with Crippen LogP contribution in [0.4, 0.5) is 0 Å². The summed E-state index contributed by atoms with van der Waals surface area (Å²) in [6, 6.07) is 0. The van der Waals surface area contributed by atoms with Crippen LogP contribution in [0.2, 0.25) is 0 Å². The average Bonchev–Trinajstić information content (AvgIpc) is 2.53. The molecule has 1 saturated heterocycles. The smallest absolute Gasteiger partial charge is 0.132 e. The van der Waals surface area contributed by atoms with Crippen molar-refractivity contribution >= 4 is 11.8 Å². The summed E-state index contributed by atoms with van der Waals surface area (Å²) in [4.78, 5) is 0. The van der Waals surface area contributed by atoms with Crippen molar-refractivity contribution in [1.29, 1.82) is 0 Å². The van der Waals surface area contributed by atoms with Crippen molar-refractivity contribution < 1.29 is 25.2 Å². The predicted octanol–water partition coefficient (Wildman–Crippen LogP) is -1.07. The normalized spacial score (nSPS) is 38.2. The van der Waals surface area contributed by atoms with Crippen LogP contribution in [0.1, 0.15) is 13.3 Å². The van der Waals surface area contributed by atoms with E-state index in [1.165, 1.54) is 11.8 Å². The second-order valence-corrected chi connectivity index (χ2v) is 4.78. The maximum atomic E-state index is 9.61. The first-order valence-corrected chi connectivity index (χ1v) is 6.08. The minimum Gasteiger partial charge on any atom is -0.394 e. The van der Waals surface area contributed by atoms with E-state index < -0.39 is 36.5 Å². The summed E-state index contributed by atoms with van der Waals surface area (Å²) >= 11 is 1.40. The van der Waals surface area contributed by atoms with E-state index in [4.69, 9.17) is 9.84 Å². The van der Waals surface area contributed by atoms with Gasteiger partial charge in [-0.05, 0) is 12.2 Å². The van der Waals surface area contributed by atoms with E-state index in [9.17, 15) is 15.3 Å². The standard InChI is InChI=1S/C9H18O5S/c1-2-3-15-9-7(13)6(12)8(14-9)5(11)4-10/h5-13H,2-4H2,1H3/t5-,6-,7-,8+,9+/m1/s1. The molecule has 6 heteroatoms. The Morgan fingerprint density at radius 2 is 2.00 bits per heavy atom. The van der Waals surface area contributed by atoms with Gasteiger partial charge in [0.15, 0.2) is 0 Å². The molecule has 0 bridgehead atoms. The molecule has 0 aromatic heterocycles. The number of ether oxygens (including phenoxy) is 1. The molecule has 0 aromatic rings. The van der Waals surface area contributed by atoms with Gasteiger partial charge in [0, 0.05) is 0 Å². The molecule has 1 heterocycles. The van der Waals surface area contributed by atoms with E-state index in [2.05, 4.69) is 0 Å². The summed E-state index contributed by atoms with van der Waals surface area (Å²) in [6.07, 6.45) is -3.25. The highest BCUT2D eigenvalue weighted by Gasteiger charge is 2.45. The van der Waals surface area contributed by atoms with Gasteiger partial charge in [-0.3, -0.25) is 0 Å². The molecule has 1 rings (SSSR count). The molecule has 0 radical (unpaired) electrons. The first-order valence-electron chi connectivity index (χ1n) is 5.04. The first kappa shape index (κ1) is 13.2. The average molecular weight is 238 g/mol. The Morgan fingerprint density at radius 1 is 1.33 bits per heavy atom. The quantitative estimate of drug-likeness (QED) is 0.487. The van der Waals surface area contributed by atoms with Crippen LogP contribution >= 0.6 is 11.8 Å². The number of hydrogen-bond donors (Lipinski definition) is 4. The Morgan fingerprint density at radius 3 is 2.53 bits per heavy atom. The summed E-state index contributed by atoms with van der Waals surface area (Å²) in [7, 11) is 0. The lowest BCUT2D eigenvalue weighted by atomic mass is 10.1. The van der Waals surface area contributed by atoms with Crippen LogP contribution in [0.3, 0.4) is 0 Å². The Kier molecular flexibility index (Phi) is 5.31. The van der Waals surface area contributed by atoms with Crippen LogP contribution in [0.15, 0.2) is 0 Å². The van der Waals surface area contributed by atoms with Gasteiger partial charge in [-0.15, -0.1) is 11.8 Å². The fraction of sp³-hybridized carbons (Fsp3) is 1.00. The van der Waals surface area contributed by atoms with Crippen LogP contribution in [0.25, 0.3) is 0 Å². The molecule has 0 aliphatic carbocycles. The second kappa shape index (κ2) is 6.03. The fourth-order valence-corrected chi connectivity index (χ4v) is 2.50. The van der Waals surface area contributed by atoms with Crippen LogP contribution in [-0.2, 0) is 4.74 Å². The molecule has 1 aliphatic heterocycles. The lowest BCUT2D eigenvalue weighted by Crippen LogP contribution is -2.40. The summed E-state index contributed by atoms with van der Waals surface area (Å²) in [5, 5.41) is 37.2. The van der Waals surface area contributed by atoms with Crippen LogP contribution < -0.4 is 0 Å². The molecular weight excluding hydrogens is 220 g/mol. The van der Waals surface area contributed by atoms with Gasteiger partial charge in [-0.2, -0.15) is 0 Å².